The van der Waals surface area contributed by atoms with Crippen molar-refractivity contribution in [1.82, 2.24) is 10.2 Å². The zero-order chi connectivity index (χ0) is 14.4. The van der Waals surface area contributed by atoms with Gasteiger partial charge in [-0.15, -0.1) is 0 Å². The van der Waals surface area contributed by atoms with Crippen molar-refractivity contribution in [2.24, 2.45) is 0 Å². The Kier molecular flexibility index (Phi) is 5.49. The Morgan fingerprint density at radius 1 is 1.35 bits per heavy atom. The zero-order valence-electron chi connectivity index (χ0n) is 12.0. The van der Waals surface area contributed by atoms with E-state index in [-0.39, 0.29) is 10.6 Å². The van der Waals surface area contributed by atoms with Crippen LogP contribution in [0, 0.1) is 10.1 Å². The summed E-state index contributed by atoms with van der Waals surface area (Å²) in [6.45, 7) is 6.16. The van der Waals surface area contributed by atoms with Crippen molar-refractivity contribution in [1.29, 1.82) is 0 Å². The van der Waals surface area contributed by atoms with Crippen LogP contribution < -0.4 is 5.32 Å². The molecule has 5 heteroatoms. The van der Waals surface area contributed by atoms with Crippen molar-refractivity contribution < 1.29 is 4.92 Å². The summed E-state index contributed by atoms with van der Waals surface area (Å²) in [6.07, 6.45) is 3.47. The van der Waals surface area contributed by atoms with Gasteiger partial charge in [-0.2, -0.15) is 0 Å². The third-order valence-corrected chi connectivity index (χ3v) is 4.04. The largest absolute Gasteiger partial charge is 0.310 e. The molecule has 1 aromatic rings. The van der Waals surface area contributed by atoms with Gasteiger partial charge in [0, 0.05) is 24.2 Å². The minimum atomic E-state index is -0.303. The quantitative estimate of drug-likeness (QED) is 0.664. The van der Waals surface area contributed by atoms with E-state index in [9.17, 15) is 10.1 Å². The average Bonchev–Trinajstić information content (AvgIpc) is 2.70. The second-order valence-electron chi connectivity index (χ2n) is 5.33. The average molecular weight is 277 g/mol. The summed E-state index contributed by atoms with van der Waals surface area (Å²) in [6, 6.07) is 7.44. The normalized spacial score (nSPS) is 20.6. The number of hydrogen-bond donors (Lipinski definition) is 1. The first-order chi connectivity index (χ1) is 9.70. The Hall–Kier alpha value is -1.46. The molecule has 0 bridgehead atoms. The van der Waals surface area contributed by atoms with Crippen molar-refractivity contribution in [3.8, 4) is 0 Å². The first-order valence-electron chi connectivity index (χ1n) is 7.38. The van der Waals surface area contributed by atoms with Gasteiger partial charge in [0.2, 0.25) is 0 Å². The number of nitro groups is 1. The van der Waals surface area contributed by atoms with Crippen molar-refractivity contribution in [3.63, 3.8) is 0 Å². The molecule has 1 aliphatic heterocycles. The Balaban J connectivity index is 1.90. The number of nitrogens with zero attached hydrogens (tertiary/aromatic N) is 2. The van der Waals surface area contributed by atoms with Gasteiger partial charge in [0.1, 0.15) is 0 Å². The molecule has 1 unspecified atom stereocenters. The monoisotopic (exact) mass is 277 g/mol. The van der Waals surface area contributed by atoms with E-state index in [0.717, 1.165) is 31.5 Å². The lowest BCUT2D eigenvalue weighted by molar-refractivity contribution is -0.385. The maximum atomic E-state index is 11.0. The highest BCUT2D eigenvalue weighted by Crippen LogP contribution is 2.18. The Morgan fingerprint density at radius 2 is 2.15 bits per heavy atom. The third-order valence-electron chi connectivity index (χ3n) is 4.04. The number of likely N-dealkylation sites (tertiary alicyclic amines) is 1. The van der Waals surface area contributed by atoms with Crippen LogP contribution in [-0.4, -0.2) is 35.5 Å². The highest BCUT2D eigenvalue weighted by atomic mass is 16.6. The lowest BCUT2D eigenvalue weighted by Crippen LogP contribution is -2.30. The van der Waals surface area contributed by atoms with Gasteiger partial charge in [0.05, 0.1) is 4.92 Å². The van der Waals surface area contributed by atoms with Crippen LogP contribution in [0.1, 0.15) is 31.7 Å². The van der Waals surface area contributed by atoms with Gasteiger partial charge in [-0.05, 0) is 38.9 Å². The van der Waals surface area contributed by atoms with E-state index >= 15 is 0 Å². The highest BCUT2D eigenvalue weighted by molar-refractivity contribution is 5.39. The number of nitro benzene ring substituents is 1. The maximum Gasteiger partial charge on any atom is 0.273 e. The number of hydrogen-bond acceptors (Lipinski definition) is 4. The molecule has 1 fully saturated rings. The van der Waals surface area contributed by atoms with Gasteiger partial charge in [0.25, 0.3) is 5.69 Å². The molecule has 1 atom stereocenters. The van der Waals surface area contributed by atoms with E-state index in [1.807, 2.05) is 12.1 Å². The number of rotatable bonds is 5. The SMILES string of the molecule is CCN1CCCC(NCc2ccccc2[N+](=O)[O-])CC1. The van der Waals surface area contributed by atoms with Gasteiger partial charge >= 0.3 is 0 Å². The summed E-state index contributed by atoms with van der Waals surface area (Å²) in [5.74, 6) is 0. The minimum Gasteiger partial charge on any atom is -0.310 e. The molecule has 1 N–H and O–H groups in total. The number of nitrogens with one attached hydrogen (secondary N) is 1. The van der Waals surface area contributed by atoms with Gasteiger partial charge in [-0.25, -0.2) is 0 Å². The van der Waals surface area contributed by atoms with E-state index < -0.39 is 0 Å². The molecule has 0 saturated carbocycles. The highest BCUT2D eigenvalue weighted by Gasteiger charge is 2.17. The molecule has 1 heterocycles. The summed E-state index contributed by atoms with van der Waals surface area (Å²) in [4.78, 5) is 13.1. The lowest BCUT2D eigenvalue weighted by atomic mass is 10.1. The van der Waals surface area contributed by atoms with Crippen LogP contribution in [0.2, 0.25) is 0 Å². The molecule has 0 aliphatic carbocycles. The smallest absolute Gasteiger partial charge is 0.273 e. The standard InChI is InChI=1S/C15H23N3O2/c1-2-17-10-5-7-14(9-11-17)16-12-13-6-3-4-8-15(13)18(19)20/h3-4,6,8,14,16H,2,5,7,9-12H2,1H3. The fourth-order valence-electron chi connectivity index (χ4n) is 2.77. The molecule has 1 saturated heterocycles. The van der Waals surface area contributed by atoms with E-state index in [1.54, 1.807) is 12.1 Å². The van der Waals surface area contributed by atoms with E-state index in [2.05, 4.69) is 17.1 Å². The van der Waals surface area contributed by atoms with Gasteiger partial charge in [0.15, 0.2) is 0 Å². The molecule has 110 valence electrons. The maximum absolute atomic E-state index is 11.0. The molecule has 0 radical (unpaired) electrons. The van der Waals surface area contributed by atoms with Crippen LogP contribution in [0.15, 0.2) is 24.3 Å². The van der Waals surface area contributed by atoms with E-state index in [4.69, 9.17) is 0 Å². The van der Waals surface area contributed by atoms with Crippen LogP contribution >= 0.6 is 0 Å². The van der Waals surface area contributed by atoms with Gasteiger partial charge in [-0.3, -0.25) is 10.1 Å². The molecular weight excluding hydrogens is 254 g/mol. The molecule has 0 aromatic heterocycles. The molecule has 2 rings (SSSR count). The zero-order valence-corrected chi connectivity index (χ0v) is 12.0. The van der Waals surface area contributed by atoms with Crippen molar-refractivity contribution in [2.75, 3.05) is 19.6 Å². The predicted molar refractivity (Wildman–Crippen MR) is 79.7 cm³/mol. The fraction of sp³-hybridized carbons (Fsp3) is 0.600. The summed E-state index contributed by atoms with van der Waals surface area (Å²) in [5, 5.41) is 14.5. The number of benzene rings is 1. The Morgan fingerprint density at radius 3 is 2.90 bits per heavy atom. The number of para-hydroxylation sites is 1. The van der Waals surface area contributed by atoms with Gasteiger partial charge in [-0.1, -0.05) is 25.1 Å². The summed E-state index contributed by atoms with van der Waals surface area (Å²) in [7, 11) is 0. The molecule has 1 aromatic carbocycles. The molecule has 1 aliphatic rings. The molecule has 0 spiro atoms. The van der Waals surface area contributed by atoms with E-state index in [0.29, 0.717) is 12.6 Å². The minimum absolute atomic E-state index is 0.212. The molecular formula is C15H23N3O2. The Labute approximate surface area is 120 Å². The summed E-state index contributed by atoms with van der Waals surface area (Å²) in [5.41, 5.74) is 0.984. The summed E-state index contributed by atoms with van der Waals surface area (Å²) < 4.78 is 0. The second kappa shape index (κ2) is 7.36. The lowest BCUT2D eigenvalue weighted by Gasteiger charge is -2.18. The van der Waals surface area contributed by atoms with Crippen LogP contribution in [0.4, 0.5) is 5.69 Å². The van der Waals surface area contributed by atoms with Crippen LogP contribution in [0.25, 0.3) is 0 Å². The first kappa shape index (κ1) is 14.9. The summed E-state index contributed by atoms with van der Waals surface area (Å²) >= 11 is 0. The van der Waals surface area contributed by atoms with Gasteiger partial charge < -0.3 is 10.2 Å². The van der Waals surface area contributed by atoms with Crippen molar-refractivity contribution >= 4 is 5.69 Å². The molecule has 5 nitrogen and oxygen atoms in total. The molecule has 0 amide bonds. The Bertz CT molecular complexity index is 450. The van der Waals surface area contributed by atoms with Crippen LogP contribution in [0.3, 0.4) is 0 Å². The van der Waals surface area contributed by atoms with Crippen LogP contribution in [0.5, 0.6) is 0 Å². The first-order valence-corrected chi connectivity index (χ1v) is 7.38. The topological polar surface area (TPSA) is 58.4 Å². The van der Waals surface area contributed by atoms with Crippen molar-refractivity contribution in [3.05, 3.63) is 39.9 Å². The van der Waals surface area contributed by atoms with Crippen LogP contribution in [-0.2, 0) is 6.54 Å². The predicted octanol–water partition coefficient (Wildman–Crippen LogP) is 2.56. The molecule has 20 heavy (non-hydrogen) atoms. The third kappa shape index (κ3) is 4.02. The van der Waals surface area contributed by atoms with Crippen molar-refractivity contribution in [2.45, 2.75) is 38.8 Å². The fourth-order valence-corrected chi connectivity index (χ4v) is 2.77. The second-order valence-corrected chi connectivity index (χ2v) is 5.33. The van der Waals surface area contributed by atoms with E-state index in [1.165, 1.54) is 13.0 Å².